The van der Waals surface area contributed by atoms with Gasteiger partial charge in [-0.25, -0.2) is 15.0 Å². The van der Waals surface area contributed by atoms with Crippen LogP contribution in [0.1, 0.15) is 0 Å². The summed E-state index contributed by atoms with van der Waals surface area (Å²) in [4.78, 5) is 16.0. The van der Waals surface area contributed by atoms with Gasteiger partial charge in [0.05, 0.1) is 16.7 Å². The Morgan fingerprint density at radius 1 is 0.333 bits per heavy atom. The molecule has 0 aliphatic rings. The summed E-state index contributed by atoms with van der Waals surface area (Å²) in [7, 11) is 0. The Morgan fingerprint density at radius 2 is 0.850 bits per heavy atom. The third kappa shape index (κ3) is 5.55. The van der Waals surface area contributed by atoms with Crippen LogP contribution in [0, 0.1) is 0 Å². The molecule has 3 heterocycles. The Balaban J connectivity index is 1.06. The topological polar surface area (TPSA) is 43.6 Å². The van der Waals surface area contributed by atoms with Crippen molar-refractivity contribution in [1.29, 1.82) is 0 Å². The molecular formula is C55H34N4S. The quantitative estimate of drug-likeness (QED) is 0.169. The minimum atomic E-state index is 0.630. The van der Waals surface area contributed by atoms with Crippen LogP contribution in [0.5, 0.6) is 0 Å². The van der Waals surface area contributed by atoms with Crippen LogP contribution in [0.15, 0.2) is 206 Å². The Kier molecular flexibility index (Phi) is 8.00. The normalized spacial score (nSPS) is 11.7. The molecule has 0 unspecified atom stereocenters. The first-order valence-corrected chi connectivity index (χ1v) is 21.0. The lowest BCUT2D eigenvalue weighted by Crippen LogP contribution is -2.02. The van der Waals surface area contributed by atoms with E-state index in [4.69, 9.17) is 15.0 Å². The van der Waals surface area contributed by atoms with Gasteiger partial charge in [0.1, 0.15) is 0 Å². The van der Waals surface area contributed by atoms with Crippen LogP contribution in [0.4, 0.5) is 0 Å². The monoisotopic (exact) mass is 782 g/mol. The summed E-state index contributed by atoms with van der Waals surface area (Å²) in [6.07, 6.45) is 0. The smallest absolute Gasteiger partial charge is 0.165 e. The van der Waals surface area contributed by atoms with Crippen LogP contribution in [0.3, 0.4) is 0 Å². The van der Waals surface area contributed by atoms with E-state index < -0.39 is 0 Å². The molecule has 0 saturated heterocycles. The molecule has 0 atom stereocenters. The van der Waals surface area contributed by atoms with Gasteiger partial charge in [0.15, 0.2) is 17.5 Å². The predicted molar refractivity (Wildman–Crippen MR) is 252 cm³/mol. The molecule has 60 heavy (non-hydrogen) atoms. The Bertz CT molecular complexity index is 3570. The fraction of sp³-hybridized carbons (Fsp3) is 0. The van der Waals surface area contributed by atoms with Gasteiger partial charge in [0.2, 0.25) is 0 Å². The first kappa shape index (κ1) is 34.3. The molecule has 12 aromatic rings. The highest BCUT2D eigenvalue weighted by Crippen LogP contribution is 2.42. The van der Waals surface area contributed by atoms with E-state index in [0.29, 0.717) is 17.5 Å². The molecule has 4 nitrogen and oxygen atoms in total. The Morgan fingerprint density at radius 3 is 1.55 bits per heavy atom. The second-order valence-electron chi connectivity index (χ2n) is 15.1. The SMILES string of the molecule is c1ccc(-c2ccccc2-c2nc(-c3ccccc3-c3ccc4c(-n5c6ccccc6c6ccccc65)cccc4c3)nc(-c3cccc4c3sc3ccccc34)n2)cc1. The van der Waals surface area contributed by atoms with Gasteiger partial charge < -0.3 is 4.57 Å². The van der Waals surface area contributed by atoms with Crippen molar-refractivity contribution in [1.82, 2.24) is 19.5 Å². The number of para-hydroxylation sites is 2. The second-order valence-corrected chi connectivity index (χ2v) is 16.2. The first-order chi connectivity index (χ1) is 29.8. The lowest BCUT2D eigenvalue weighted by molar-refractivity contribution is 1.08. The molecule has 0 bridgehead atoms. The average Bonchev–Trinajstić information content (AvgIpc) is 3.87. The van der Waals surface area contributed by atoms with Crippen molar-refractivity contribution in [2.75, 3.05) is 0 Å². The van der Waals surface area contributed by atoms with Crippen LogP contribution in [-0.2, 0) is 0 Å². The molecule has 9 aromatic carbocycles. The van der Waals surface area contributed by atoms with E-state index in [-0.39, 0.29) is 0 Å². The van der Waals surface area contributed by atoms with Crippen LogP contribution < -0.4 is 0 Å². The van der Waals surface area contributed by atoms with Crippen LogP contribution in [-0.4, -0.2) is 19.5 Å². The molecule has 280 valence electrons. The summed E-state index contributed by atoms with van der Waals surface area (Å²) < 4.78 is 4.81. The van der Waals surface area contributed by atoms with Crippen LogP contribution in [0.25, 0.3) is 115 Å². The van der Waals surface area contributed by atoms with Gasteiger partial charge in [-0.3, -0.25) is 0 Å². The number of benzene rings is 9. The van der Waals surface area contributed by atoms with Crippen LogP contribution >= 0.6 is 11.3 Å². The van der Waals surface area contributed by atoms with Gasteiger partial charge in [0.25, 0.3) is 0 Å². The van der Waals surface area contributed by atoms with Crippen molar-refractivity contribution in [2.45, 2.75) is 0 Å². The van der Waals surface area contributed by atoms with Crippen molar-refractivity contribution in [2.24, 2.45) is 0 Å². The molecule has 12 rings (SSSR count). The van der Waals surface area contributed by atoms with Gasteiger partial charge in [0, 0.05) is 53.0 Å². The molecule has 0 spiro atoms. The molecule has 0 N–H and O–H groups in total. The van der Waals surface area contributed by atoms with E-state index >= 15 is 0 Å². The summed E-state index contributed by atoms with van der Waals surface area (Å²) in [6, 6.07) is 73.2. The van der Waals surface area contributed by atoms with Crippen molar-refractivity contribution >= 4 is 64.1 Å². The zero-order valence-corrected chi connectivity index (χ0v) is 33.1. The highest BCUT2D eigenvalue weighted by Gasteiger charge is 2.21. The molecular weight excluding hydrogens is 749 g/mol. The molecule has 0 aliphatic carbocycles. The summed E-state index contributed by atoms with van der Waals surface area (Å²) >= 11 is 1.79. The highest BCUT2D eigenvalue weighted by molar-refractivity contribution is 7.26. The lowest BCUT2D eigenvalue weighted by atomic mass is 9.96. The third-order valence-corrected chi connectivity index (χ3v) is 12.9. The number of thiophene rings is 1. The maximum Gasteiger partial charge on any atom is 0.165 e. The maximum atomic E-state index is 5.36. The average molecular weight is 783 g/mol. The fourth-order valence-corrected chi connectivity index (χ4v) is 10.2. The number of rotatable bonds is 6. The van der Waals surface area contributed by atoms with Crippen molar-refractivity contribution < 1.29 is 0 Å². The Labute approximate surface area is 350 Å². The number of aromatic nitrogens is 4. The molecule has 5 heteroatoms. The second kappa shape index (κ2) is 14.0. The van der Waals surface area contributed by atoms with Gasteiger partial charge >= 0.3 is 0 Å². The molecule has 0 amide bonds. The zero-order valence-electron chi connectivity index (χ0n) is 32.3. The van der Waals surface area contributed by atoms with Crippen molar-refractivity contribution in [3.05, 3.63) is 206 Å². The molecule has 0 radical (unpaired) electrons. The summed E-state index contributed by atoms with van der Waals surface area (Å²) in [5.74, 6) is 1.92. The van der Waals surface area contributed by atoms with Crippen molar-refractivity contribution in [3.63, 3.8) is 0 Å². The van der Waals surface area contributed by atoms with Crippen molar-refractivity contribution in [3.8, 4) is 62.1 Å². The number of hydrogen-bond acceptors (Lipinski definition) is 4. The third-order valence-electron chi connectivity index (χ3n) is 11.7. The first-order valence-electron chi connectivity index (χ1n) is 20.2. The maximum absolute atomic E-state index is 5.36. The van der Waals surface area contributed by atoms with E-state index in [9.17, 15) is 0 Å². The van der Waals surface area contributed by atoms with E-state index in [2.05, 4.69) is 205 Å². The van der Waals surface area contributed by atoms with E-state index in [1.807, 2.05) is 6.07 Å². The van der Waals surface area contributed by atoms with Crippen LogP contribution in [0.2, 0.25) is 0 Å². The fourth-order valence-electron chi connectivity index (χ4n) is 8.95. The van der Waals surface area contributed by atoms with E-state index in [0.717, 1.165) is 50.0 Å². The summed E-state index contributed by atoms with van der Waals surface area (Å²) in [6.45, 7) is 0. The lowest BCUT2D eigenvalue weighted by Gasteiger charge is -2.15. The van der Waals surface area contributed by atoms with E-state index in [1.165, 1.54) is 47.4 Å². The minimum Gasteiger partial charge on any atom is -0.309 e. The largest absolute Gasteiger partial charge is 0.309 e. The molecule has 0 aliphatic heterocycles. The van der Waals surface area contributed by atoms with Gasteiger partial charge in [-0.15, -0.1) is 11.3 Å². The Hall–Kier alpha value is -7.73. The summed E-state index contributed by atoms with van der Waals surface area (Å²) in [5, 5.41) is 7.30. The standard InChI is InChI=1S/C55H34N4S/c1-2-16-35(17-3-1)38-19-4-6-24-45(38)53-56-54(58-55(57-53)47-27-15-26-44-43-23-10-13-31-51(43)60-52(44)47)46-25-7-5-20-39(46)37-32-33-40-36(34-37)18-14-30-48(40)59-49-28-11-8-21-41(49)42-22-9-12-29-50(42)59/h1-34H. The van der Waals surface area contributed by atoms with Gasteiger partial charge in [-0.2, -0.15) is 0 Å². The number of nitrogens with zero attached hydrogens (tertiary/aromatic N) is 4. The number of hydrogen-bond donors (Lipinski definition) is 0. The van der Waals surface area contributed by atoms with E-state index in [1.54, 1.807) is 11.3 Å². The summed E-state index contributed by atoms with van der Waals surface area (Å²) in [5.41, 5.74) is 10.8. The number of fused-ring (bicyclic) bond motifs is 7. The minimum absolute atomic E-state index is 0.630. The van der Waals surface area contributed by atoms with Gasteiger partial charge in [-0.05, 0) is 64.0 Å². The zero-order chi connectivity index (χ0) is 39.6. The molecule has 0 fully saturated rings. The molecule has 0 saturated carbocycles. The molecule has 3 aromatic heterocycles. The predicted octanol–water partition coefficient (Wildman–Crippen LogP) is 14.8. The highest BCUT2D eigenvalue weighted by atomic mass is 32.1. The van der Waals surface area contributed by atoms with Gasteiger partial charge in [-0.1, -0.05) is 170 Å².